The third-order valence-corrected chi connectivity index (χ3v) is 9.11. The topological polar surface area (TPSA) is 189 Å². The Balaban J connectivity index is 1.35. The van der Waals surface area contributed by atoms with Gasteiger partial charge in [0.05, 0.1) is 32.0 Å². The molecule has 17 heteroatoms. The van der Waals surface area contributed by atoms with E-state index in [1.807, 2.05) is 30.3 Å². The average molecular weight is 686 g/mol. The number of aliphatic hydroxyl groups excluding tert-OH is 1. The van der Waals surface area contributed by atoms with Gasteiger partial charge in [-0.1, -0.05) is 35.4 Å². The molecule has 1 N–H and O–H groups in total. The number of rotatable bonds is 13. The van der Waals surface area contributed by atoms with Crippen LogP contribution in [-0.4, -0.2) is 154 Å². The molecule has 4 saturated heterocycles. The predicted molar refractivity (Wildman–Crippen MR) is 162 cm³/mol. The standard InChI is InChI=1S/C31H47N3O14/c1-36-14-18-22(24(38-3)26(40-5)30(45-18)44-17-12-13-42-28(35)20(33-34-32)21(17)37-2)48-31-27(41-6)25(39-4)23-19(46-31)15-43-29(47-23)16-10-8-7-9-11-16/h7-11,17-31,35H,12-15H2,1-6H3/t17-,18-,19-,20-,21?,22+,23+,24?,25?,26?,27?,28-,29?,30+,31+/m0/s1. The van der Waals surface area contributed by atoms with Crippen molar-refractivity contribution in [3.8, 4) is 0 Å². The lowest BCUT2D eigenvalue weighted by Gasteiger charge is -2.51. The quantitative estimate of drug-likeness (QED) is 0.178. The van der Waals surface area contributed by atoms with Gasteiger partial charge in [-0.3, -0.25) is 0 Å². The van der Waals surface area contributed by atoms with Gasteiger partial charge in [0.1, 0.15) is 54.9 Å². The lowest BCUT2D eigenvalue weighted by Crippen LogP contribution is -2.67. The van der Waals surface area contributed by atoms with Crippen molar-refractivity contribution in [2.75, 3.05) is 62.5 Å². The van der Waals surface area contributed by atoms with Gasteiger partial charge < -0.3 is 66.7 Å². The summed E-state index contributed by atoms with van der Waals surface area (Å²) in [5, 5.41) is 14.1. The summed E-state index contributed by atoms with van der Waals surface area (Å²) in [4.78, 5) is 2.85. The second-order valence-electron chi connectivity index (χ2n) is 11.7. The van der Waals surface area contributed by atoms with Crippen LogP contribution in [0.15, 0.2) is 35.4 Å². The number of nitrogens with zero attached hydrogens (tertiary/aromatic N) is 3. The van der Waals surface area contributed by atoms with Crippen LogP contribution >= 0.6 is 0 Å². The summed E-state index contributed by atoms with van der Waals surface area (Å²) in [6.45, 7) is 0.441. The average Bonchev–Trinajstić information content (AvgIpc) is 3.25. The van der Waals surface area contributed by atoms with Crippen LogP contribution in [0.1, 0.15) is 18.3 Å². The first-order valence-corrected chi connectivity index (χ1v) is 15.8. The van der Waals surface area contributed by atoms with E-state index in [1.54, 1.807) is 14.2 Å². The summed E-state index contributed by atoms with van der Waals surface area (Å²) in [7, 11) is 9.14. The van der Waals surface area contributed by atoms with Crippen LogP contribution in [0.4, 0.5) is 0 Å². The van der Waals surface area contributed by atoms with Crippen LogP contribution in [-0.2, 0) is 61.6 Å². The highest BCUT2D eigenvalue weighted by molar-refractivity contribution is 5.16. The summed E-state index contributed by atoms with van der Waals surface area (Å²) in [5.74, 6) is 0. The van der Waals surface area contributed by atoms with E-state index in [0.29, 0.717) is 6.42 Å². The molecule has 0 bridgehead atoms. The van der Waals surface area contributed by atoms with E-state index in [9.17, 15) is 5.11 Å². The Morgan fingerprint density at radius 3 is 2.10 bits per heavy atom. The highest BCUT2D eigenvalue weighted by Gasteiger charge is 2.55. The first-order chi connectivity index (χ1) is 23.4. The van der Waals surface area contributed by atoms with E-state index in [2.05, 4.69) is 10.0 Å². The van der Waals surface area contributed by atoms with E-state index >= 15 is 0 Å². The van der Waals surface area contributed by atoms with E-state index in [1.165, 1.54) is 28.4 Å². The van der Waals surface area contributed by atoms with Gasteiger partial charge in [-0.2, -0.15) is 0 Å². The number of hydrogen-bond donors (Lipinski definition) is 1. The molecule has 15 atom stereocenters. The Kier molecular flexibility index (Phi) is 13.8. The molecule has 0 spiro atoms. The number of hydrogen-bond acceptors (Lipinski definition) is 15. The summed E-state index contributed by atoms with van der Waals surface area (Å²) >= 11 is 0. The summed E-state index contributed by atoms with van der Waals surface area (Å²) in [6, 6.07) is 8.57. The van der Waals surface area contributed by atoms with Crippen LogP contribution in [0.25, 0.3) is 10.4 Å². The third kappa shape index (κ3) is 7.96. The zero-order valence-electron chi connectivity index (χ0n) is 28.0. The first-order valence-electron chi connectivity index (χ1n) is 15.8. The van der Waals surface area contributed by atoms with Crippen molar-refractivity contribution in [2.24, 2.45) is 5.11 Å². The largest absolute Gasteiger partial charge is 0.382 e. The van der Waals surface area contributed by atoms with E-state index in [4.69, 9.17) is 67.1 Å². The van der Waals surface area contributed by atoms with Crippen LogP contribution < -0.4 is 0 Å². The molecule has 4 fully saturated rings. The van der Waals surface area contributed by atoms with E-state index in [-0.39, 0.29) is 19.8 Å². The molecule has 0 aliphatic carbocycles. The van der Waals surface area contributed by atoms with Crippen LogP contribution in [0.5, 0.6) is 0 Å². The van der Waals surface area contributed by atoms with Crippen molar-refractivity contribution in [3.05, 3.63) is 46.3 Å². The molecule has 0 saturated carbocycles. The number of aliphatic hydroxyl groups is 1. The molecular formula is C31H47N3O14. The fourth-order valence-corrected chi connectivity index (χ4v) is 6.82. The molecule has 0 amide bonds. The Hall–Kier alpha value is -2.03. The van der Waals surface area contributed by atoms with Crippen molar-refractivity contribution >= 4 is 0 Å². The number of ether oxygens (including phenoxy) is 13. The van der Waals surface area contributed by atoms with Crippen molar-refractivity contribution in [1.82, 2.24) is 0 Å². The predicted octanol–water partition coefficient (Wildman–Crippen LogP) is 1.46. The normalized spacial score (nSPS) is 41.9. The maximum atomic E-state index is 10.4. The molecule has 0 radical (unpaired) electrons. The number of fused-ring (bicyclic) bond motifs is 1. The first kappa shape index (κ1) is 37.2. The second kappa shape index (κ2) is 17.8. The SMILES string of the molecule is COC[C@@H]1O[C@@H](O[C@H]2CCO[C@H](O)[C@@H](N=[N+]=[N-])C2OC)C(OC)C(OC)[C@@H]1O[C@H]1O[C@H]2COC(c3ccccc3)O[C@H]2C(OC)C1OC. The smallest absolute Gasteiger partial charge is 0.187 e. The van der Waals surface area contributed by atoms with Gasteiger partial charge in [-0.15, -0.1) is 0 Å². The van der Waals surface area contributed by atoms with Crippen molar-refractivity contribution in [1.29, 1.82) is 0 Å². The molecule has 5 rings (SSSR count). The molecule has 48 heavy (non-hydrogen) atoms. The number of methoxy groups -OCH3 is 6. The van der Waals surface area contributed by atoms with Gasteiger partial charge in [0.2, 0.25) is 0 Å². The fraction of sp³-hybridized carbons (Fsp3) is 0.806. The van der Waals surface area contributed by atoms with Crippen molar-refractivity contribution < 1.29 is 66.7 Å². The molecule has 1 aromatic carbocycles. The summed E-state index contributed by atoms with van der Waals surface area (Å²) in [5.41, 5.74) is 9.99. The summed E-state index contributed by atoms with van der Waals surface area (Å²) in [6.07, 6.45) is -10.6. The van der Waals surface area contributed by atoms with Crippen molar-refractivity contribution in [2.45, 2.75) is 98.7 Å². The van der Waals surface area contributed by atoms with Gasteiger partial charge in [0.25, 0.3) is 0 Å². The molecule has 4 aliphatic rings. The molecule has 17 nitrogen and oxygen atoms in total. The van der Waals surface area contributed by atoms with E-state index in [0.717, 1.165) is 5.56 Å². The maximum absolute atomic E-state index is 10.4. The molecule has 4 heterocycles. The number of azide groups is 1. The minimum absolute atomic E-state index is 0.0947. The van der Waals surface area contributed by atoms with Gasteiger partial charge in [-0.25, -0.2) is 0 Å². The zero-order chi connectivity index (χ0) is 34.2. The van der Waals surface area contributed by atoms with Gasteiger partial charge >= 0.3 is 0 Å². The Morgan fingerprint density at radius 1 is 0.792 bits per heavy atom. The van der Waals surface area contributed by atoms with Gasteiger partial charge in [-0.05, 0) is 12.0 Å². The maximum Gasteiger partial charge on any atom is 0.187 e. The molecule has 270 valence electrons. The van der Waals surface area contributed by atoms with E-state index < -0.39 is 92.2 Å². The monoisotopic (exact) mass is 685 g/mol. The highest BCUT2D eigenvalue weighted by atomic mass is 16.8. The molecule has 6 unspecified atom stereocenters. The fourth-order valence-electron chi connectivity index (χ4n) is 6.82. The molecule has 0 aromatic heterocycles. The van der Waals surface area contributed by atoms with Gasteiger partial charge in [0, 0.05) is 53.1 Å². The Labute approximate surface area is 279 Å². The Bertz CT molecular complexity index is 1170. The van der Waals surface area contributed by atoms with Crippen LogP contribution in [0, 0.1) is 0 Å². The van der Waals surface area contributed by atoms with Gasteiger partial charge in [0.15, 0.2) is 25.2 Å². The molecule has 4 aliphatic heterocycles. The lowest BCUT2D eigenvalue weighted by molar-refractivity contribution is -0.393. The van der Waals surface area contributed by atoms with Crippen LogP contribution in [0.2, 0.25) is 0 Å². The van der Waals surface area contributed by atoms with Crippen LogP contribution in [0.3, 0.4) is 0 Å². The minimum Gasteiger partial charge on any atom is -0.382 e. The second-order valence-corrected chi connectivity index (χ2v) is 11.7. The summed E-state index contributed by atoms with van der Waals surface area (Å²) < 4.78 is 78.7. The molecule has 1 aromatic rings. The highest BCUT2D eigenvalue weighted by Crippen LogP contribution is 2.39. The minimum atomic E-state index is -1.38. The molecular weight excluding hydrogens is 638 g/mol. The van der Waals surface area contributed by atoms with Crippen molar-refractivity contribution in [3.63, 3.8) is 0 Å². The third-order valence-electron chi connectivity index (χ3n) is 9.11. The zero-order valence-corrected chi connectivity index (χ0v) is 28.0. The Morgan fingerprint density at radius 2 is 1.46 bits per heavy atom. The lowest BCUT2D eigenvalue weighted by atomic mass is 9.95. The number of benzene rings is 1.